The Balaban J connectivity index is 2.54. The minimum atomic E-state index is -1.66. The minimum Gasteiger partial charge on any atom is -0.398 e. The van der Waals surface area contributed by atoms with Crippen molar-refractivity contribution in [2.75, 3.05) is 6.61 Å². The van der Waals surface area contributed by atoms with Crippen molar-refractivity contribution < 1.29 is 18.6 Å². The fourth-order valence-electron chi connectivity index (χ4n) is 0.311. The van der Waals surface area contributed by atoms with Gasteiger partial charge in [-0.25, -0.2) is 4.79 Å². The Bertz CT molecular complexity index is 158. The lowest BCUT2D eigenvalue weighted by Gasteiger charge is -2.12. The largest absolute Gasteiger partial charge is 0.398 e. The van der Waals surface area contributed by atoms with Crippen LogP contribution in [0, 0.1) is 0 Å². The number of carbonyl (C=O) groups is 2. The Kier molecular flexibility index (Phi) is 2.01. The summed E-state index contributed by atoms with van der Waals surface area (Å²) in [6, 6.07) is 0. The van der Waals surface area contributed by atoms with Gasteiger partial charge in [0.2, 0.25) is 0 Å². The molecule has 1 unspecified atom stereocenters. The van der Waals surface area contributed by atoms with E-state index < -0.39 is 19.5 Å². The molecule has 6 heteroatoms. The highest BCUT2D eigenvalue weighted by atomic mass is 35.7. The lowest BCUT2D eigenvalue weighted by atomic mass is 10.4. The van der Waals surface area contributed by atoms with Crippen LogP contribution < -0.4 is 0 Å². The third-order valence-corrected chi connectivity index (χ3v) is 1.82. The summed E-state index contributed by atoms with van der Waals surface area (Å²) in [4.78, 5) is 20.6. The Morgan fingerprint density at radius 2 is 2.22 bits per heavy atom. The summed E-state index contributed by atoms with van der Waals surface area (Å²) >= 11 is 5.22. The molecule has 0 aromatic heterocycles. The van der Waals surface area contributed by atoms with Crippen molar-refractivity contribution in [1.82, 2.24) is 0 Å². The normalized spacial score (nSPS) is 27.9. The van der Waals surface area contributed by atoms with Gasteiger partial charge in [-0.15, -0.1) is 0 Å². The highest BCUT2D eigenvalue weighted by molar-refractivity contribution is 7.76. The lowest BCUT2D eigenvalue weighted by Crippen LogP contribution is -2.23. The first kappa shape index (κ1) is 6.93. The van der Waals surface area contributed by atoms with Crippen LogP contribution in [0.2, 0.25) is 0 Å². The topological polar surface area (TPSA) is 52.6 Å². The number of ketones is 1. The second kappa shape index (κ2) is 2.60. The van der Waals surface area contributed by atoms with E-state index in [2.05, 4.69) is 9.05 Å². The Morgan fingerprint density at radius 1 is 1.56 bits per heavy atom. The minimum absolute atomic E-state index is 0.256. The van der Waals surface area contributed by atoms with Crippen molar-refractivity contribution >= 4 is 30.7 Å². The molecule has 4 nitrogen and oxygen atoms in total. The van der Waals surface area contributed by atoms with Crippen molar-refractivity contribution in [3.63, 3.8) is 0 Å². The van der Waals surface area contributed by atoms with Gasteiger partial charge in [-0.2, -0.15) is 0 Å². The van der Waals surface area contributed by atoms with Crippen molar-refractivity contribution in [2.45, 2.75) is 0 Å². The average Bonchev–Trinajstić information content (AvgIpc) is 1.80. The van der Waals surface area contributed by atoms with Gasteiger partial charge in [-0.3, -0.25) is 4.79 Å². The zero-order valence-corrected chi connectivity index (χ0v) is 5.82. The molecular weight excluding hydrogens is 166 g/mol. The highest BCUT2D eigenvalue weighted by Crippen LogP contribution is 2.45. The lowest BCUT2D eigenvalue weighted by molar-refractivity contribution is -0.150. The molecule has 0 radical (unpaired) electrons. The van der Waals surface area contributed by atoms with E-state index in [-0.39, 0.29) is 6.61 Å². The number of rotatable bonds is 0. The predicted octanol–water partition coefficient (Wildman–Crippen LogP) is 0.595. The molecule has 1 saturated heterocycles. The molecule has 0 spiro atoms. The quantitative estimate of drug-likeness (QED) is 0.393. The summed E-state index contributed by atoms with van der Waals surface area (Å²) in [5.74, 6) is -1.59. The van der Waals surface area contributed by atoms with Crippen molar-refractivity contribution in [2.24, 2.45) is 0 Å². The summed E-state index contributed by atoms with van der Waals surface area (Å²) in [5.41, 5.74) is 0. The summed E-state index contributed by atoms with van der Waals surface area (Å²) in [7, 11) is -1.66. The van der Waals surface area contributed by atoms with Crippen LogP contribution in [0.25, 0.3) is 0 Å². The number of halogens is 1. The van der Waals surface area contributed by atoms with E-state index in [9.17, 15) is 9.59 Å². The standard InChI is InChI=1S/C3H2ClO4P/c4-9-7-1-2(5)3(6)8-9/h1H2. The maximum atomic E-state index is 10.3. The molecule has 1 aliphatic rings. The number of hydrogen-bond acceptors (Lipinski definition) is 4. The molecule has 1 aliphatic heterocycles. The van der Waals surface area contributed by atoms with Crippen LogP contribution >= 0.6 is 19.0 Å². The van der Waals surface area contributed by atoms with Gasteiger partial charge in [-0.05, 0) is 11.2 Å². The van der Waals surface area contributed by atoms with Crippen LogP contribution in [0.3, 0.4) is 0 Å². The summed E-state index contributed by atoms with van der Waals surface area (Å²) < 4.78 is 8.72. The summed E-state index contributed by atoms with van der Waals surface area (Å²) in [6.07, 6.45) is 0. The van der Waals surface area contributed by atoms with Crippen LogP contribution in [0.1, 0.15) is 0 Å². The zero-order chi connectivity index (χ0) is 6.85. The van der Waals surface area contributed by atoms with Crippen LogP contribution in [-0.4, -0.2) is 18.4 Å². The first-order valence-electron chi connectivity index (χ1n) is 2.04. The molecule has 0 saturated carbocycles. The van der Waals surface area contributed by atoms with E-state index in [0.717, 1.165) is 0 Å². The van der Waals surface area contributed by atoms with E-state index in [0.29, 0.717) is 0 Å². The summed E-state index contributed by atoms with van der Waals surface area (Å²) in [6.45, 7) is -0.256. The summed E-state index contributed by atoms with van der Waals surface area (Å²) in [5, 5.41) is 0. The molecule has 1 fully saturated rings. The van der Waals surface area contributed by atoms with Gasteiger partial charge >= 0.3 is 13.7 Å². The predicted molar refractivity (Wildman–Crippen MR) is 29.8 cm³/mol. The van der Waals surface area contributed by atoms with Crippen LogP contribution in [0.15, 0.2) is 0 Å². The SMILES string of the molecule is O=C1COP(Cl)OC1=O. The van der Waals surface area contributed by atoms with Gasteiger partial charge in [0, 0.05) is 0 Å². The molecule has 0 aliphatic carbocycles. The molecule has 0 N–H and O–H groups in total. The second-order valence-electron chi connectivity index (χ2n) is 1.29. The fourth-order valence-corrected chi connectivity index (χ4v) is 1.15. The van der Waals surface area contributed by atoms with E-state index in [1.807, 2.05) is 0 Å². The maximum Gasteiger partial charge on any atom is 0.382 e. The highest BCUT2D eigenvalue weighted by Gasteiger charge is 2.27. The molecular formula is C3H2ClO4P. The Labute approximate surface area is 56.8 Å². The number of carbonyl (C=O) groups excluding carboxylic acids is 2. The smallest absolute Gasteiger partial charge is 0.382 e. The maximum absolute atomic E-state index is 10.3. The first-order chi connectivity index (χ1) is 4.20. The molecule has 1 atom stereocenters. The number of hydrogen-bond donors (Lipinski definition) is 0. The van der Waals surface area contributed by atoms with E-state index in [4.69, 9.17) is 11.2 Å². The van der Waals surface area contributed by atoms with Gasteiger partial charge in [0.15, 0.2) is 0 Å². The Hall–Kier alpha value is -0.180. The van der Waals surface area contributed by atoms with E-state index in [1.54, 1.807) is 0 Å². The van der Waals surface area contributed by atoms with Gasteiger partial charge in [-0.1, -0.05) is 0 Å². The van der Waals surface area contributed by atoms with Crippen LogP contribution in [0.4, 0.5) is 0 Å². The molecule has 1 heterocycles. The van der Waals surface area contributed by atoms with Gasteiger partial charge in [0.1, 0.15) is 6.61 Å². The zero-order valence-electron chi connectivity index (χ0n) is 4.17. The third-order valence-electron chi connectivity index (χ3n) is 0.679. The molecule has 1 rings (SSSR count). The van der Waals surface area contributed by atoms with Gasteiger partial charge < -0.3 is 9.05 Å². The molecule has 0 amide bonds. The molecule has 0 bridgehead atoms. The Morgan fingerprint density at radius 3 is 2.67 bits per heavy atom. The number of Topliss-reactive ketones (excluding diaryl/α,β-unsaturated/α-hetero) is 1. The van der Waals surface area contributed by atoms with Gasteiger partial charge in [0.25, 0.3) is 5.78 Å². The van der Waals surface area contributed by atoms with E-state index in [1.165, 1.54) is 0 Å². The monoisotopic (exact) mass is 168 g/mol. The fraction of sp³-hybridized carbons (Fsp3) is 0.333. The molecule has 50 valence electrons. The van der Waals surface area contributed by atoms with Crippen LogP contribution in [0.5, 0.6) is 0 Å². The second-order valence-corrected chi connectivity index (χ2v) is 2.98. The van der Waals surface area contributed by atoms with E-state index >= 15 is 0 Å². The van der Waals surface area contributed by atoms with Gasteiger partial charge in [0.05, 0.1) is 0 Å². The van der Waals surface area contributed by atoms with Crippen LogP contribution in [-0.2, 0) is 18.6 Å². The third kappa shape index (κ3) is 1.61. The first-order valence-corrected chi connectivity index (χ1v) is 4.12. The van der Waals surface area contributed by atoms with Crippen molar-refractivity contribution in [1.29, 1.82) is 0 Å². The molecule has 0 aromatic rings. The van der Waals surface area contributed by atoms with Crippen molar-refractivity contribution in [3.8, 4) is 0 Å². The average molecular weight is 168 g/mol. The van der Waals surface area contributed by atoms with Crippen molar-refractivity contribution in [3.05, 3.63) is 0 Å². The molecule has 0 aromatic carbocycles. The molecule has 9 heavy (non-hydrogen) atoms.